The fraction of sp³-hybridized carbons (Fsp3) is 0.714. The van der Waals surface area contributed by atoms with E-state index < -0.39 is 0 Å². The number of aryl methyl sites for hydroxylation is 1. The Morgan fingerprint density at radius 3 is 2.85 bits per heavy atom. The molecule has 74 valence electrons. The molecule has 6 heteroatoms. The summed E-state index contributed by atoms with van der Waals surface area (Å²) >= 11 is 1.53. The Morgan fingerprint density at radius 2 is 2.23 bits per heavy atom. The second kappa shape index (κ2) is 5.08. The van der Waals surface area contributed by atoms with Crippen LogP contribution in [0.2, 0.25) is 0 Å². The molecule has 0 bridgehead atoms. The summed E-state index contributed by atoms with van der Waals surface area (Å²) in [4.78, 5) is 0. The highest BCUT2D eigenvalue weighted by molar-refractivity contribution is 7.99. The summed E-state index contributed by atoms with van der Waals surface area (Å²) in [6.45, 7) is 2.71. The predicted octanol–water partition coefficient (Wildman–Crippen LogP) is -0.00480. The molecule has 13 heavy (non-hydrogen) atoms. The van der Waals surface area contributed by atoms with Gasteiger partial charge in [0.05, 0.1) is 0 Å². The van der Waals surface area contributed by atoms with Crippen molar-refractivity contribution in [1.82, 2.24) is 14.9 Å². The fourth-order valence-corrected chi connectivity index (χ4v) is 1.59. The van der Waals surface area contributed by atoms with E-state index in [9.17, 15) is 0 Å². The standard InChI is InChI=1S/C7H15N5S/c1-2-3-6-10-11-7(12(6)9)13-5-4-8/h2-5,8-9H2,1H3. The van der Waals surface area contributed by atoms with Crippen molar-refractivity contribution < 1.29 is 0 Å². The van der Waals surface area contributed by atoms with E-state index in [1.54, 1.807) is 4.68 Å². The summed E-state index contributed by atoms with van der Waals surface area (Å²) in [6, 6.07) is 0. The Morgan fingerprint density at radius 1 is 1.46 bits per heavy atom. The monoisotopic (exact) mass is 201 g/mol. The number of hydrogen-bond donors (Lipinski definition) is 2. The van der Waals surface area contributed by atoms with E-state index in [2.05, 4.69) is 17.1 Å². The topological polar surface area (TPSA) is 82.8 Å². The van der Waals surface area contributed by atoms with Crippen LogP contribution in [0.15, 0.2) is 5.16 Å². The Labute approximate surface area is 81.9 Å². The second-order valence-corrected chi connectivity index (χ2v) is 3.72. The van der Waals surface area contributed by atoms with Gasteiger partial charge in [-0.2, -0.15) is 0 Å². The van der Waals surface area contributed by atoms with Crippen molar-refractivity contribution in [3.63, 3.8) is 0 Å². The lowest BCUT2D eigenvalue weighted by Crippen LogP contribution is -2.14. The third kappa shape index (κ3) is 2.60. The zero-order chi connectivity index (χ0) is 9.68. The average molecular weight is 201 g/mol. The maximum Gasteiger partial charge on any atom is 0.209 e. The minimum atomic E-state index is 0.626. The molecule has 0 unspecified atom stereocenters. The largest absolute Gasteiger partial charge is 0.336 e. The molecule has 1 aromatic rings. The van der Waals surface area contributed by atoms with Crippen molar-refractivity contribution in [3.8, 4) is 0 Å². The first-order chi connectivity index (χ1) is 6.29. The minimum absolute atomic E-state index is 0.626. The van der Waals surface area contributed by atoms with Crippen LogP contribution in [0, 0.1) is 0 Å². The van der Waals surface area contributed by atoms with Gasteiger partial charge in [-0.05, 0) is 6.42 Å². The lowest BCUT2D eigenvalue weighted by molar-refractivity contribution is 0.757. The molecule has 0 fully saturated rings. The van der Waals surface area contributed by atoms with Crippen LogP contribution in [0.5, 0.6) is 0 Å². The zero-order valence-electron chi connectivity index (χ0n) is 7.73. The molecule has 1 aromatic heterocycles. The summed E-state index contributed by atoms with van der Waals surface area (Å²) in [5.74, 6) is 7.42. The second-order valence-electron chi connectivity index (χ2n) is 2.66. The number of hydrogen-bond acceptors (Lipinski definition) is 5. The molecule has 0 aliphatic carbocycles. The molecule has 0 radical (unpaired) electrons. The molecule has 0 aliphatic rings. The first-order valence-corrected chi connectivity index (χ1v) is 5.30. The van der Waals surface area contributed by atoms with Gasteiger partial charge in [-0.25, -0.2) is 4.68 Å². The molecule has 0 spiro atoms. The first-order valence-electron chi connectivity index (χ1n) is 4.31. The van der Waals surface area contributed by atoms with E-state index in [-0.39, 0.29) is 0 Å². The van der Waals surface area contributed by atoms with Crippen LogP contribution in [-0.2, 0) is 6.42 Å². The van der Waals surface area contributed by atoms with Crippen molar-refractivity contribution in [2.45, 2.75) is 24.9 Å². The Hall–Kier alpha value is -0.750. The van der Waals surface area contributed by atoms with Crippen molar-refractivity contribution in [2.75, 3.05) is 18.1 Å². The number of thioether (sulfide) groups is 1. The maximum atomic E-state index is 5.76. The van der Waals surface area contributed by atoms with Crippen LogP contribution in [0.4, 0.5) is 0 Å². The highest BCUT2D eigenvalue weighted by Crippen LogP contribution is 2.13. The Kier molecular flexibility index (Phi) is 4.04. The Balaban J connectivity index is 2.62. The predicted molar refractivity (Wildman–Crippen MR) is 53.9 cm³/mol. The fourth-order valence-electron chi connectivity index (χ4n) is 0.950. The first kappa shape index (κ1) is 10.3. The summed E-state index contributed by atoms with van der Waals surface area (Å²) in [7, 11) is 0. The number of rotatable bonds is 5. The van der Waals surface area contributed by atoms with Gasteiger partial charge in [0.1, 0.15) is 0 Å². The number of nitrogen functional groups attached to an aromatic ring is 1. The maximum absolute atomic E-state index is 5.76. The van der Waals surface area contributed by atoms with Crippen LogP contribution >= 0.6 is 11.8 Å². The lowest BCUT2D eigenvalue weighted by atomic mass is 10.3. The normalized spacial score (nSPS) is 10.6. The molecule has 4 N–H and O–H groups in total. The van der Waals surface area contributed by atoms with Crippen molar-refractivity contribution in [1.29, 1.82) is 0 Å². The van der Waals surface area contributed by atoms with Crippen LogP contribution in [0.25, 0.3) is 0 Å². The van der Waals surface area contributed by atoms with Gasteiger partial charge in [-0.15, -0.1) is 10.2 Å². The van der Waals surface area contributed by atoms with Gasteiger partial charge in [0.2, 0.25) is 5.16 Å². The summed E-state index contributed by atoms with van der Waals surface area (Å²) in [6.07, 6.45) is 1.89. The summed E-state index contributed by atoms with van der Waals surface area (Å²) in [5.41, 5.74) is 5.37. The van der Waals surface area contributed by atoms with Crippen LogP contribution in [0.3, 0.4) is 0 Å². The Bertz CT molecular complexity index is 259. The molecular weight excluding hydrogens is 186 g/mol. The van der Waals surface area contributed by atoms with E-state index in [0.717, 1.165) is 29.6 Å². The van der Waals surface area contributed by atoms with Crippen molar-refractivity contribution >= 4 is 11.8 Å². The molecule has 0 saturated heterocycles. The zero-order valence-corrected chi connectivity index (χ0v) is 8.55. The SMILES string of the molecule is CCCc1nnc(SCCN)n1N. The van der Waals surface area contributed by atoms with Crippen molar-refractivity contribution in [2.24, 2.45) is 5.73 Å². The highest BCUT2D eigenvalue weighted by Gasteiger charge is 2.07. The molecule has 1 rings (SSSR count). The average Bonchev–Trinajstić information content (AvgIpc) is 2.46. The number of nitrogens with zero attached hydrogens (tertiary/aromatic N) is 3. The van der Waals surface area contributed by atoms with Gasteiger partial charge in [-0.1, -0.05) is 18.7 Å². The minimum Gasteiger partial charge on any atom is -0.336 e. The summed E-state index contributed by atoms with van der Waals surface area (Å²) in [5, 5.41) is 8.70. The highest BCUT2D eigenvalue weighted by atomic mass is 32.2. The number of aromatic nitrogens is 3. The van der Waals surface area contributed by atoms with Crippen LogP contribution in [0.1, 0.15) is 19.2 Å². The van der Waals surface area contributed by atoms with E-state index >= 15 is 0 Å². The molecule has 0 atom stereocenters. The van der Waals surface area contributed by atoms with E-state index in [0.29, 0.717) is 6.54 Å². The molecule has 0 amide bonds. The van der Waals surface area contributed by atoms with E-state index in [1.807, 2.05) is 0 Å². The van der Waals surface area contributed by atoms with Gasteiger partial charge >= 0.3 is 0 Å². The van der Waals surface area contributed by atoms with Gasteiger partial charge < -0.3 is 11.6 Å². The third-order valence-electron chi connectivity index (χ3n) is 1.56. The quantitative estimate of drug-likeness (QED) is 0.517. The smallest absolute Gasteiger partial charge is 0.209 e. The lowest BCUT2D eigenvalue weighted by Gasteiger charge is -2.00. The van der Waals surface area contributed by atoms with Gasteiger partial charge in [0, 0.05) is 18.7 Å². The van der Waals surface area contributed by atoms with E-state index in [4.69, 9.17) is 11.6 Å². The van der Waals surface area contributed by atoms with Gasteiger partial charge in [0.25, 0.3) is 0 Å². The molecule has 5 nitrogen and oxygen atoms in total. The van der Waals surface area contributed by atoms with Gasteiger partial charge in [-0.3, -0.25) is 0 Å². The molecule has 1 heterocycles. The molecular formula is C7H15N5S. The molecule has 0 aliphatic heterocycles. The van der Waals surface area contributed by atoms with E-state index in [1.165, 1.54) is 11.8 Å². The van der Waals surface area contributed by atoms with Crippen molar-refractivity contribution in [3.05, 3.63) is 5.82 Å². The molecule has 0 aromatic carbocycles. The number of nitrogens with two attached hydrogens (primary N) is 2. The van der Waals surface area contributed by atoms with Gasteiger partial charge in [0.15, 0.2) is 5.82 Å². The van der Waals surface area contributed by atoms with Crippen LogP contribution < -0.4 is 11.6 Å². The summed E-state index contributed by atoms with van der Waals surface area (Å²) < 4.78 is 1.55. The van der Waals surface area contributed by atoms with Crippen LogP contribution in [-0.4, -0.2) is 27.2 Å². The molecule has 0 saturated carbocycles. The third-order valence-corrected chi connectivity index (χ3v) is 2.53.